The van der Waals surface area contributed by atoms with Gasteiger partial charge in [-0.25, -0.2) is 17.7 Å². The van der Waals surface area contributed by atoms with Crippen LogP contribution in [0.25, 0.3) is 11.5 Å². The second kappa shape index (κ2) is 8.33. The van der Waals surface area contributed by atoms with Gasteiger partial charge < -0.3 is 9.73 Å². The number of carbonyl (C=O) groups is 1. The van der Waals surface area contributed by atoms with Gasteiger partial charge in [0.15, 0.2) is 10.9 Å². The third kappa shape index (κ3) is 3.92. The number of piperidine rings is 1. The van der Waals surface area contributed by atoms with Crippen molar-refractivity contribution < 1.29 is 17.6 Å². The van der Waals surface area contributed by atoms with Crippen LogP contribution in [-0.2, 0) is 20.2 Å². The van der Waals surface area contributed by atoms with Gasteiger partial charge in [-0.1, -0.05) is 30.3 Å². The molecule has 9 heteroatoms. The number of furan rings is 1. The fourth-order valence-corrected chi connectivity index (χ4v) is 5.62. The molecule has 2 aromatic heterocycles. The van der Waals surface area contributed by atoms with Crippen molar-refractivity contribution >= 4 is 32.4 Å². The van der Waals surface area contributed by atoms with E-state index in [1.54, 1.807) is 19.3 Å². The zero-order valence-corrected chi connectivity index (χ0v) is 18.2. The Labute approximate surface area is 179 Å². The molecule has 7 nitrogen and oxygen atoms in total. The zero-order chi connectivity index (χ0) is 21.2. The molecular weight excluding hydrogens is 422 g/mol. The fourth-order valence-electron chi connectivity index (χ4n) is 3.82. The van der Waals surface area contributed by atoms with Gasteiger partial charge in [0.1, 0.15) is 5.69 Å². The summed E-state index contributed by atoms with van der Waals surface area (Å²) in [6.45, 7) is 2.27. The van der Waals surface area contributed by atoms with Crippen LogP contribution in [0.4, 0.5) is 5.13 Å². The van der Waals surface area contributed by atoms with Gasteiger partial charge in [0.05, 0.1) is 17.4 Å². The van der Waals surface area contributed by atoms with Crippen LogP contribution < -0.4 is 5.32 Å². The molecule has 0 atom stereocenters. The Morgan fingerprint density at radius 1 is 1.20 bits per heavy atom. The van der Waals surface area contributed by atoms with Gasteiger partial charge >= 0.3 is 0 Å². The molecule has 30 heavy (non-hydrogen) atoms. The number of rotatable bonds is 6. The standard InChI is InChI=1S/C21H23N3O4S2/c1-2-30(26,27)24-12-10-21(11-13-24,16-7-4-3-5-8-16)19(25)23-20-22-17(15-29-20)18-9-6-14-28-18/h3-9,14-15H,2,10-13H2,1H3,(H,22,23,25). The molecule has 3 heterocycles. The third-order valence-corrected chi connectivity index (χ3v) is 8.23. The molecule has 0 spiro atoms. The van der Waals surface area contributed by atoms with Crippen LogP contribution in [0.3, 0.4) is 0 Å². The predicted molar refractivity (Wildman–Crippen MR) is 117 cm³/mol. The second-order valence-electron chi connectivity index (χ2n) is 7.22. The SMILES string of the molecule is CCS(=O)(=O)N1CCC(C(=O)Nc2nc(-c3ccco3)cs2)(c2ccccc2)CC1. The van der Waals surface area contributed by atoms with Crippen LogP contribution in [0.1, 0.15) is 25.3 Å². The first-order valence-electron chi connectivity index (χ1n) is 9.79. The van der Waals surface area contributed by atoms with E-state index in [1.807, 2.05) is 41.8 Å². The summed E-state index contributed by atoms with van der Waals surface area (Å²) in [4.78, 5) is 17.9. The lowest BCUT2D eigenvalue weighted by molar-refractivity contribution is -0.123. The predicted octanol–water partition coefficient (Wildman–Crippen LogP) is 3.73. The van der Waals surface area contributed by atoms with Gasteiger partial charge in [0.2, 0.25) is 15.9 Å². The largest absolute Gasteiger partial charge is 0.463 e. The van der Waals surface area contributed by atoms with Crippen LogP contribution in [0, 0.1) is 0 Å². The lowest BCUT2D eigenvalue weighted by Crippen LogP contribution is -2.51. The molecule has 1 aliphatic heterocycles. The molecule has 3 aromatic rings. The number of nitrogens with zero attached hydrogens (tertiary/aromatic N) is 2. The first kappa shape index (κ1) is 20.8. The molecule has 1 saturated heterocycles. The lowest BCUT2D eigenvalue weighted by Gasteiger charge is -2.40. The van der Waals surface area contributed by atoms with E-state index in [-0.39, 0.29) is 11.7 Å². The van der Waals surface area contributed by atoms with Gasteiger partial charge in [-0.15, -0.1) is 11.3 Å². The highest BCUT2D eigenvalue weighted by Crippen LogP contribution is 2.38. The Kier molecular flexibility index (Phi) is 5.77. The van der Waals surface area contributed by atoms with Crippen molar-refractivity contribution in [2.75, 3.05) is 24.2 Å². The van der Waals surface area contributed by atoms with E-state index in [4.69, 9.17) is 4.42 Å². The highest BCUT2D eigenvalue weighted by atomic mass is 32.2. The van der Waals surface area contributed by atoms with E-state index < -0.39 is 15.4 Å². The van der Waals surface area contributed by atoms with Crippen molar-refractivity contribution in [1.29, 1.82) is 0 Å². The number of hydrogen-bond donors (Lipinski definition) is 1. The summed E-state index contributed by atoms with van der Waals surface area (Å²) in [5, 5.41) is 5.28. The summed E-state index contributed by atoms with van der Waals surface area (Å²) in [7, 11) is -3.28. The van der Waals surface area contributed by atoms with E-state index in [2.05, 4.69) is 10.3 Å². The molecule has 0 saturated carbocycles. The number of anilines is 1. The lowest BCUT2D eigenvalue weighted by atomic mass is 9.72. The normalized spacial score (nSPS) is 17.0. The molecule has 0 aliphatic carbocycles. The number of sulfonamides is 1. The van der Waals surface area contributed by atoms with Crippen molar-refractivity contribution in [2.45, 2.75) is 25.2 Å². The third-order valence-electron chi connectivity index (χ3n) is 5.59. The summed E-state index contributed by atoms with van der Waals surface area (Å²) in [5.74, 6) is 0.539. The van der Waals surface area contributed by atoms with Crippen molar-refractivity contribution in [2.24, 2.45) is 0 Å². The fraction of sp³-hybridized carbons (Fsp3) is 0.333. The molecule has 0 unspecified atom stereocenters. The summed E-state index contributed by atoms with van der Waals surface area (Å²) in [5.41, 5.74) is 0.745. The number of benzene rings is 1. The van der Waals surface area contributed by atoms with Crippen LogP contribution in [0.2, 0.25) is 0 Å². The summed E-state index contributed by atoms with van der Waals surface area (Å²) in [6.07, 6.45) is 2.41. The molecule has 0 radical (unpaired) electrons. The van der Waals surface area contributed by atoms with Crippen LogP contribution in [0.15, 0.2) is 58.5 Å². The van der Waals surface area contributed by atoms with Crippen molar-refractivity contribution in [1.82, 2.24) is 9.29 Å². The Morgan fingerprint density at radius 3 is 2.57 bits per heavy atom. The van der Waals surface area contributed by atoms with Gasteiger partial charge in [-0.2, -0.15) is 0 Å². The number of amides is 1. The number of aromatic nitrogens is 1. The summed E-state index contributed by atoms with van der Waals surface area (Å²) >= 11 is 1.33. The molecular formula is C21H23N3O4S2. The molecule has 4 rings (SSSR count). The van der Waals surface area contributed by atoms with Crippen molar-refractivity contribution in [3.8, 4) is 11.5 Å². The first-order chi connectivity index (χ1) is 14.4. The number of thiazole rings is 1. The minimum absolute atomic E-state index is 0.0617. The van der Waals surface area contributed by atoms with Gasteiger partial charge in [0.25, 0.3) is 0 Å². The molecule has 1 aliphatic rings. The maximum atomic E-state index is 13.5. The van der Waals surface area contributed by atoms with E-state index in [9.17, 15) is 13.2 Å². The molecule has 0 bridgehead atoms. The Bertz CT molecular complexity index is 1100. The van der Waals surface area contributed by atoms with Gasteiger partial charge in [-0.05, 0) is 37.5 Å². The average molecular weight is 446 g/mol. The maximum absolute atomic E-state index is 13.5. The van der Waals surface area contributed by atoms with Crippen LogP contribution in [0.5, 0.6) is 0 Å². The topological polar surface area (TPSA) is 92.5 Å². The van der Waals surface area contributed by atoms with Crippen molar-refractivity contribution in [3.63, 3.8) is 0 Å². The molecule has 1 aromatic carbocycles. The summed E-state index contributed by atoms with van der Waals surface area (Å²) in [6, 6.07) is 13.2. The molecule has 158 valence electrons. The van der Waals surface area contributed by atoms with Crippen LogP contribution >= 0.6 is 11.3 Å². The highest BCUT2D eigenvalue weighted by molar-refractivity contribution is 7.89. The molecule has 1 fully saturated rings. The van der Waals surface area contributed by atoms with E-state index >= 15 is 0 Å². The number of carbonyl (C=O) groups excluding carboxylic acids is 1. The molecule has 1 amide bonds. The van der Waals surface area contributed by atoms with Gasteiger partial charge in [-0.3, -0.25) is 4.79 Å². The Morgan fingerprint density at radius 2 is 1.93 bits per heavy atom. The average Bonchev–Trinajstić information content (AvgIpc) is 3.46. The Hall–Kier alpha value is -2.49. The van der Waals surface area contributed by atoms with Crippen molar-refractivity contribution in [3.05, 3.63) is 59.7 Å². The second-order valence-corrected chi connectivity index (χ2v) is 10.3. The minimum Gasteiger partial charge on any atom is -0.463 e. The van der Waals surface area contributed by atoms with E-state index in [0.29, 0.717) is 42.5 Å². The van der Waals surface area contributed by atoms with E-state index in [1.165, 1.54) is 15.6 Å². The highest BCUT2D eigenvalue weighted by Gasteiger charge is 2.44. The summed E-state index contributed by atoms with van der Waals surface area (Å²) < 4.78 is 31.4. The minimum atomic E-state index is -3.28. The Balaban J connectivity index is 1.59. The monoisotopic (exact) mass is 445 g/mol. The van der Waals surface area contributed by atoms with Crippen LogP contribution in [-0.4, -0.2) is 42.5 Å². The van der Waals surface area contributed by atoms with Gasteiger partial charge in [0, 0.05) is 18.5 Å². The maximum Gasteiger partial charge on any atom is 0.236 e. The molecule has 1 N–H and O–H groups in total. The van der Waals surface area contributed by atoms with E-state index in [0.717, 1.165) is 5.56 Å². The smallest absolute Gasteiger partial charge is 0.236 e. The zero-order valence-electron chi connectivity index (χ0n) is 16.6. The number of hydrogen-bond acceptors (Lipinski definition) is 6. The first-order valence-corrected chi connectivity index (χ1v) is 12.3. The number of nitrogens with one attached hydrogen (secondary N) is 1. The quantitative estimate of drug-likeness (QED) is 0.624.